The molecule has 0 saturated carbocycles. The van der Waals surface area contributed by atoms with Gasteiger partial charge in [0.2, 0.25) is 17.7 Å². The average molecular weight is 555 g/mol. The first-order valence-electron chi connectivity index (χ1n) is 14.4. The smallest absolute Gasteiger partial charge is 0.245 e. The van der Waals surface area contributed by atoms with E-state index in [4.69, 9.17) is 4.74 Å². The number of carbonyl (C=O) groups excluding carboxylic acids is 1. The van der Waals surface area contributed by atoms with Crippen molar-refractivity contribution < 1.29 is 13.9 Å². The monoisotopic (exact) mass is 554 g/mol. The average Bonchev–Trinajstić information content (AvgIpc) is 3.37. The van der Waals surface area contributed by atoms with Crippen LogP contribution in [0.3, 0.4) is 0 Å². The van der Waals surface area contributed by atoms with Crippen molar-refractivity contribution >= 4 is 28.0 Å². The number of hydrogen-bond donors (Lipinski definition) is 1. The molecule has 0 fully saturated rings. The number of hydrogen-bond acceptors (Lipinski definition) is 4. The third-order valence-electron chi connectivity index (χ3n) is 7.06. The van der Waals surface area contributed by atoms with Crippen molar-refractivity contribution in [3.8, 4) is 5.88 Å². The van der Waals surface area contributed by atoms with Crippen molar-refractivity contribution in [2.75, 3.05) is 20.2 Å². The van der Waals surface area contributed by atoms with E-state index in [1.54, 1.807) is 11.0 Å². The number of rotatable bonds is 14. The van der Waals surface area contributed by atoms with Gasteiger partial charge in [-0.3, -0.25) is 9.89 Å². The molecule has 7 heteroatoms. The summed E-state index contributed by atoms with van der Waals surface area (Å²) in [7, 11) is 1.83. The van der Waals surface area contributed by atoms with E-state index in [9.17, 15) is 9.18 Å². The summed E-state index contributed by atoms with van der Waals surface area (Å²) in [6, 6.07) is 19.8. The fourth-order valence-corrected chi connectivity index (χ4v) is 4.90. The standard InChI is InChI=1S/C34H39FN4O2/c1-4-21-39(3)32(40)16-12-7-6-8-13-22-41-31-20-18-27(24-36-31)33(28(5-2)25-14-10-9-11-15-25)26-17-19-30-29(23-26)34(35)38-37-30/h9-12,14-20,23-24H,4-8,13,21-22H2,1-3H3,(H,37,38)/b16-12+,33-28-. The summed E-state index contributed by atoms with van der Waals surface area (Å²) in [5, 5.41) is 6.93. The third kappa shape index (κ3) is 7.91. The highest BCUT2D eigenvalue weighted by Gasteiger charge is 2.16. The minimum Gasteiger partial charge on any atom is -0.478 e. The lowest BCUT2D eigenvalue weighted by Gasteiger charge is -2.16. The van der Waals surface area contributed by atoms with Crippen LogP contribution in [0.15, 0.2) is 79.0 Å². The summed E-state index contributed by atoms with van der Waals surface area (Å²) in [5.74, 6) is 0.197. The Labute approximate surface area is 242 Å². The van der Waals surface area contributed by atoms with Gasteiger partial charge in [0.05, 0.1) is 17.5 Å². The van der Waals surface area contributed by atoms with Crippen molar-refractivity contribution in [2.45, 2.75) is 52.4 Å². The number of benzene rings is 2. The van der Waals surface area contributed by atoms with Gasteiger partial charge in [-0.2, -0.15) is 9.49 Å². The maximum atomic E-state index is 14.4. The van der Waals surface area contributed by atoms with E-state index in [0.717, 1.165) is 72.9 Å². The van der Waals surface area contributed by atoms with Crippen molar-refractivity contribution in [1.82, 2.24) is 20.1 Å². The number of H-pyrrole nitrogens is 1. The predicted molar refractivity (Wildman–Crippen MR) is 164 cm³/mol. The van der Waals surface area contributed by atoms with Gasteiger partial charge in [-0.25, -0.2) is 4.98 Å². The quantitative estimate of drug-likeness (QED) is 0.0980. The van der Waals surface area contributed by atoms with Gasteiger partial charge in [0.25, 0.3) is 0 Å². The number of pyridine rings is 1. The lowest BCUT2D eigenvalue weighted by Crippen LogP contribution is -2.25. The number of likely N-dealkylation sites (N-methyl/N-ethyl adjacent to an activating group) is 1. The van der Waals surface area contributed by atoms with Gasteiger partial charge in [-0.05, 0) is 85.1 Å². The maximum absolute atomic E-state index is 14.4. The number of nitrogens with zero attached hydrogens (tertiary/aromatic N) is 3. The highest BCUT2D eigenvalue weighted by molar-refractivity contribution is 6.00. The first-order valence-corrected chi connectivity index (χ1v) is 14.4. The number of aromatic nitrogens is 3. The molecular weight excluding hydrogens is 515 g/mol. The Hall–Kier alpha value is -4.26. The van der Waals surface area contributed by atoms with Crippen LogP contribution in [0, 0.1) is 5.95 Å². The van der Waals surface area contributed by atoms with E-state index in [0.29, 0.717) is 23.4 Å². The number of allylic oxidation sites excluding steroid dienone is 2. The number of halogens is 1. The number of ether oxygens (including phenoxy) is 1. The molecule has 4 rings (SSSR count). The van der Waals surface area contributed by atoms with Crippen LogP contribution in [0.5, 0.6) is 5.88 Å². The minimum absolute atomic E-state index is 0.0618. The third-order valence-corrected chi connectivity index (χ3v) is 7.06. The Morgan fingerprint density at radius 3 is 2.54 bits per heavy atom. The molecule has 0 spiro atoms. The lowest BCUT2D eigenvalue weighted by atomic mass is 9.88. The fraction of sp³-hybridized carbons (Fsp3) is 0.324. The molecule has 2 aromatic heterocycles. The second kappa shape index (κ2) is 14.9. The molecule has 6 nitrogen and oxygen atoms in total. The summed E-state index contributed by atoms with van der Waals surface area (Å²) in [5.41, 5.74) is 5.71. The molecule has 2 aromatic carbocycles. The Kier molecular flexibility index (Phi) is 10.8. The Morgan fingerprint density at radius 2 is 1.80 bits per heavy atom. The van der Waals surface area contributed by atoms with Crippen molar-refractivity contribution in [1.29, 1.82) is 0 Å². The minimum atomic E-state index is -0.440. The van der Waals surface area contributed by atoms with Crippen LogP contribution < -0.4 is 4.74 Å². The number of fused-ring (bicyclic) bond motifs is 1. The molecule has 41 heavy (non-hydrogen) atoms. The van der Waals surface area contributed by atoms with E-state index in [1.807, 2.05) is 67.9 Å². The molecule has 1 amide bonds. The second-order valence-electron chi connectivity index (χ2n) is 10.1. The molecule has 0 aliphatic carbocycles. The SMILES string of the molecule is CCCN(C)C(=O)/C=C/CCCCCOc1ccc(/C(=C(/CC)c2ccccc2)c2ccc3n[nH]c(F)c3c2)cn1. The van der Waals surface area contributed by atoms with Gasteiger partial charge in [0.1, 0.15) is 0 Å². The maximum Gasteiger partial charge on any atom is 0.245 e. The molecule has 0 bridgehead atoms. The van der Waals surface area contributed by atoms with Crippen LogP contribution in [0.4, 0.5) is 4.39 Å². The molecule has 1 N–H and O–H groups in total. The fourth-order valence-electron chi connectivity index (χ4n) is 4.90. The predicted octanol–water partition coefficient (Wildman–Crippen LogP) is 7.83. The molecule has 0 radical (unpaired) electrons. The first-order chi connectivity index (χ1) is 20.0. The Balaban J connectivity index is 1.41. The molecule has 0 atom stereocenters. The normalized spacial score (nSPS) is 12.1. The summed E-state index contributed by atoms with van der Waals surface area (Å²) in [6.45, 7) is 5.55. The lowest BCUT2D eigenvalue weighted by molar-refractivity contribution is -0.124. The summed E-state index contributed by atoms with van der Waals surface area (Å²) < 4.78 is 20.3. The zero-order valence-electron chi connectivity index (χ0n) is 24.2. The Bertz CT molecular complexity index is 1480. The van der Waals surface area contributed by atoms with Crippen LogP contribution in [-0.4, -0.2) is 46.2 Å². The summed E-state index contributed by atoms with van der Waals surface area (Å²) in [4.78, 5) is 18.3. The topological polar surface area (TPSA) is 71.1 Å². The molecule has 2 heterocycles. The number of unbranched alkanes of at least 4 members (excludes halogenated alkanes) is 3. The largest absolute Gasteiger partial charge is 0.478 e. The van der Waals surface area contributed by atoms with Gasteiger partial charge in [-0.15, -0.1) is 0 Å². The van der Waals surface area contributed by atoms with Gasteiger partial charge < -0.3 is 9.64 Å². The first kappa shape index (κ1) is 29.7. The van der Waals surface area contributed by atoms with E-state index < -0.39 is 5.95 Å². The van der Waals surface area contributed by atoms with E-state index >= 15 is 0 Å². The number of carbonyl (C=O) groups is 1. The molecule has 0 aliphatic rings. The zero-order valence-corrected chi connectivity index (χ0v) is 24.2. The number of aromatic amines is 1. The summed E-state index contributed by atoms with van der Waals surface area (Å²) in [6.07, 6.45) is 11.0. The van der Waals surface area contributed by atoms with Gasteiger partial charge in [0, 0.05) is 31.4 Å². The van der Waals surface area contributed by atoms with Crippen LogP contribution in [0.2, 0.25) is 0 Å². The molecule has 0 aliphatic heterocycles. The molecular formula is C34H39FN4O2. The van der Waals surface area contributed by atoms with Crippen LogP contribution in [0.1, 0.15) is 69.1 Å². The molecule has 0 unspecified atom stereocenters. The van der Waals surface area contributed by atoms with E-state index in [-0.39, 0.29) is 5.91 Å². The van der Waals surface area contributed by atoms with Crippen molar-refractivity contribution in [3.63, 3.8) is 0 Å². The number of amides is 1. The molecule has 214 valence electrons. The second-order valence-corrected chi connectivity index (χ2v) is 10.1. The van der Waals surface area contributed by atoms with E-state index in [2.05, 4.69) is 41.2 Å². The molecule has 4 aromatic rings. The molecule has 0 saturated heterocycles. The highest BCUT2D eigenvalue weighted by Crippen LogP contribution is 2.35. The van der Waals surface area contributed by atoms with Crippen LogP contribution in [-0.2, 0) is 4.79 Å². The van der Waals surface area contributed by atoms with E-state index in [1.165, 1.54) is 0 Å². The van der Waals surface area contributed by atoms with Gasteiger partial charge >= 0.3 is 0 Å². The van der Waals surface area contributed by atoms with Gasteiger partial charge in [0.15, 0.2) is 0 Å². The van der Waals surface area contributed by atoms with Gasteiger partial charge in [-0.1, -0.05) is 56.3 Å². The Morgan fingerprint density at radius 1 is 1.00 bits per heavy atom. The summed E-state index contributed by atoms with van der Waals surface area (Å²) >= 11 is 0. The van der Waals surface area contributed by atoms with Crippen molar-refractivity contribution in [2.24, 2.45) is 0 Å². The van der Waals surface area contributed by atoms with Crippen molar-refractivity contribution in [3.05, 3.63) is 102 Å². The van der Waals surface area contributed by atoms with Crippen LogP contribution in [0.25, 0.3) is 22.0 Å². The van der Waals surface area contributed by atoms with Crippen LogP contribution >= 0.6 is 0 Å². The number of nitrogens with one attached hydrogen (secondary N) is 1. The zero-order chi connectivity index (χ0) is 29.0. The highest BCUT2D eigenvalue weighted by atomic mass is 19.1.